The first-order valence-corrected chi connectivity index (χ1v) is 6.77. The molecule has 0 saturated carbocycles. The van der Waals surface area contributed by atoms with Gasteiger partial charge in [-0.05, 0) is 45.4 Å². The number of amides is 1. The van der Waals surface area contributed by atoms with E-state index in [2.05, 4.69) is 15.6 Å². The van der Waals surface area contributed by atoms with E-state index in [-0.39, 0.29) is 11.4 Å². The third-order valence-electron chi connectivity index (χ3n) is 2.46. The second-order valence-corrected chi connectivity index (χ2v) is 5.64. The first kappa shape index (κ1) is 16.0. The number of hydrogen-bond donors (Lipinski definition) is 3. The summed E-state index contributed by atoms with van der Waals surface area (Å²) in [6.45, 7) is 9.01. The zero-order valence-corrected chi connectivity index (χ0v) is 12.7. The van der Waals surface area contributed by atoms with Crippen molar-refractivity contribution in [2.45, 2.75) is 39.8 Å². The third-order valence-corrected chi connectivity index (χ3v) is 2.46. The predicted octanol–water partition coefficient (Wildman–Crippen LogP) is 1.64. The molecule has 5 nitrogen and oxygen atoms in total. The van der Waals surface area contributed by atoms with Gasteiger partial charge in [0.1, 0.15) is 0 Å². The van der Waals surface area contributed by atoms with Crippen LogP contribution < -0.4 is 16.4 Å². The van der Waals surface area contributed by atoms with Crippen LogP contribution in [0, 0.1) is 0 Å². The van der Waals surface area contributed by atoms with Gasteiger partial charge in [0.2, 0.25) is 0 Å². The van der Waals surface area contributed by atoms with Crippen molar-refractivity contribution in [3.05, 3.63) is 35.4 Å². The Kier molecular flexibility index (Phi) is 5.55. The van der Waals surface area contributed by atoms with Crippen LogP contribution in [0.5, 0.6) is 0 Å². The summed E-state index contributed by atoms with van der Waals surface area (Å²) in [4.78, 5) is 16.0. The van der Waals surface area contributed by atoms with Crippen molar-refractivity contribution in [2.24, 2.45) is 10.7 Å². The molecule has 4 N–H and O–H groups in total. The topological polar surface area (TPSA) is 79.5 Å². The van der Waals surface area contributed by atoms with E-state index in [1.54, 1.807) is 6.07 Å². The molecule has 0 fully saturated rings. The van der Waals surface area contributed by atoms with Crippen LogP contribution >= 0.6 is 0 Å². The second kappa shape index (κ2) is 6.93. The second-order valence-electron chi connectivity index (χ2n) is 5.64. The van der Waals surface area contributed by atoms with Crippen LogP contribution in [0.4, 0.5) is 0 Å². The molecule has 0 aliphatic rings. The van der Waals surface area contributed by atoms with Gasteiger partial charge in [0.25, 0.3) is 5.91 Å². The summed E-state index contributed by atoms with van der Waals surface area (Å²) in [7, 11) is 0. The molecule has 0 atom stereocenters. The highest BCUT2D eigenvalue weighted by Gasteiger charge is 2.09. The summed E-state index contributed by atoms with van der Waals surface area (Å²) in [5.41, 5.74) is 7.29. The normalized spacial score (nSPS) is 12.1. The standard InChI is InChI=1S/C15H24N4O/c1-5-17-13(20)12-8-6-7-11(9-12)10-18-14(16)19-15(2,3)4/h6-9H,5,10H2,1-4H3,(H,17,20)(H3,16,18,19). The van der Waals surface area contributed by atoms with Gasteiger partial charge < -0.3 is 16.4 Å². The molecule has 110 valence electrons. The molecule has 0 bridgehead atoms. The maximum absolute atomic E-state index is 11.7. The minimum Gasteiger partial charge on any atom is -0.370 e. The van der Waals surface area contributed by atoms with Gasteiger partial charge in [-0.25, -0.2) is 4.99 Å². The Bertz CT molecular complexity index is 489. The fraction of sp³-hybridized carbons (Fsp3) is 0.467. The fourth-order valence-corrected chi connectivity index (χ4v) is 1.67. The molecule has 0 aliphatic heterocycles. The highest BCUT2D eigenvalue weighted by Crippen LogP contribution is 2.07. The number of rotatable bonds is 4. The van der Waals surface area contributed by atoms with Gasteiger partial charge in [0.15, 0.2) is 5.96 Å². The summed E-state index contributed by atoms with van der Waals surface area (Å²) in [5, 5.41) is 5.87. The molecule has 1 rings (SSSR count). The van der Waals surface area contributed by atoms with Crippen molar-refractivity contribution in [1.29, 1.82) is 0 Å². The lowest BCUT2D eigenvalue weighted by atomic mass is 10.1. The molecule has 0 radical (unpaired) electrons. The molecule has 0 spiro atoms. The van der Waals surface area contributed by atoms with Crippen LogP contribution in [0.2, 0.25) is 0 Å². The van der Waals surface area contributed by atoms with E-state index >= 15 is 0 Å². The van der Waals surface area contributed by atoms with Crippen molar-refractivity contribution in [3.8, 4) is 0 Å². The number of carbonyl (C=O) groups is 1. The summed E-state index contributed by atoms with van der Waals surface area (Å²) in [6.07, 6.45) is 0. The highest BCUT2D eigenvalue weighted by atomic mass is 16.1. The van der Waals surface area contributed by atoms with Crippen LogP contribution in [-0.2, 0) is 6.54 Å². The molecule has 0 saturated heterocycles. The number of nitrogens with zero attached hydrogens (tertiary/aromatic N) is 1. The Morgan fingerprint density at radius 1 is 1.35 bits per heavy atom. The Morgan fingerprint density at radius 3 is 2.65 bits per heavy atom. The Balaban J connectivity index is 2.71. The van der Waals surface area contributed by atoms with E-state index in [1.165, 1.54) is 0 Å². The van der Waals surface area contributed by atoms with E-state index < -0.39 is 0 Å². The molecule has 20 heavy (non-hydrogen) atoms. The van der Waals surface area contributed by atoms with Crippen molar-refractivity contribution < 1.29 is 4.79 Å². The number of carbonyl (C=O) groups excluding carboxylic acids is 1. The number of hydrogen-bond acceptors (Lipinski definition) is 2. The Labute approximate surface area is 120 Å². The van der Waals surface area contributed by atoms with Gasteiger partial charge in [0, 0.05) is 17.6 Å². The van der Waals surface area contributed by atoms with Crippen molar-refractivity contribution in [3.63, 3.8) is 0 Å². The van der Waals surface area contributed by atoms with E-state index in [4.69, 9.17) is 5.73 Å². The smallest absolute Gasteiger partial charge is 0.251 e. The van der Waals surface area contributed by atoms with E-state index in [9.17, 15) is 4.79 Å². The Hall–Kier alpha value is -2.04. The van der Waals surface area contributed by atoms with Gasteiger partial charge in [0.05, 0.1) is 6.54 Å². The van der Waals surface area contributed by atoms with E-state index in [0.29, 0.717) is 24.6 Å². The summed E-state index contributed by atoms with van der Waals surface area (Å²) < 4.78 is 0. The Morgan fingerprint density at radius 2 is 2.05 bits per heavy atom. The molecule has 1 aromatic carbocycles. The maximum Gasteiger partial charge on any atom is 0.251 e. The van der Waals surface area contributed by atoms with Crippen LogP contribution in [0.15, 0.2) is 29.3 Å². The lowest BCUT2D eigenvalue weighted by Gasteiger charge is -2.21. The average Bonchev–Trinajstić information content (AvgIpc) is 2.35. The minimum atomic E-state index is -0.115. The quantitative estimate of drug-likeness (QED) is 0.578. The number of nitrogens with two attached hydrogens (primary N) is 1. The SMILES string of the molecule is CCNC(=O)c1cccc(CN=C(N)NC(C)(C)C)c1. The molecule has 0 aromatic heterocycles. The van der Waals surface area contributed by atoms with Gasteiger partial charge in [-0.2, -0.15) is 0 Å². The van der Waals surface area contributed by atoms with Crippen molar-refractivity contribution in [2.75, 3.05) is 6.54 Å². The van der Waals surface area contributed by atoms with Crippen molar-refractivity contribution >= 4 is 11.9 Å². The summed E-state index contributed by atoms with van der Waals surface area (Å²) >= 11 is 0. The number of guanidine groups is 1. The van der Waals surface area contributed by atoms with Crippen molar-refractivity contribution in [1.82, 2.24) is 10.6 Å². The molecule has 0 unspecified atom stereocenters. The molecule has 0 aliphatic carbocycles. The van der Waals surface area contributed by atoms with Crippen LogP contribution in [0.25, 0.3) is 0 Å². The molecule has 1 aromatic rings. The highest BCUT2D eigenvalue weighted by molar-refractivity contribution is 5.94. The third kappa shape index (κ3) is 5.73. The van der Waals surface area contributed by atoms with Gasteiger partial charge in [-0.15, -0.1) is 0 Å². The first-order chi connectivity index (χ1) is 9.31. The maximum atomic E-state index is 11.7. The molecule has 0 heterocycles. The predicted molar refractivity (Wildman–Crippen MR) is 82.7 cm³/mol. The lowest BCUT2D eigenvalue weighted by molar-refractivity contribution is 0.0955. The monoisotopic (exact) mass is 276 g/mol. The fourth-order valence-electron chi connectivity index (χ4n) is 1.67. The van der Waals surface area contributed by atoms with E-state index in [0.717, 1.165) is 5.56 Å². The van der Waals surface area contributed by atoms with Gasteiger partial charge in [-0.3, -0.25) is 4.79 Å². The van der Waals surface area contributed by atoms with Crippen LogP contribution in [0.3, 0.4) is 0 Å². The largest absolute Gasteiger partial charge is 0.370 e. The average molecular weight is 276 g/mol. The molecular weight excluding hydrogens is 252 g/mol. The van der Waals surface area contributed by atoms with E-state index in [1.807, 2.05) is 45.9 Å². The van der Waals surface area contributed by atoms with Gasteiger partial charge >= 0.3 is 0 Å². The summed E-state index contributed by atoms with van der Waals surface area (Å²) in [6, 6.07) is 7.40. The molecule has 1 amide bonds. The minimum absolute atomic E-state index is 0.0703. The molecule has 5 heteroatoms. The van der Waals surface area contributed by atoms with Gasteiger partial charge in [-0.1, -0.05) is 12.1 Å². The number of benzene rings is 1. The van der Waals surface area contributed by atoms with Crippen LogP contribution in [-0.4, -0.2) is 24.0 Å². The number of aliphatic imine (C=N–C) groups is 1. The number of nitrogens with one attached hydrogen (secondary N) is 2. The van der Waals surface area contributed by atoms with Crippen LogP contribution in [0.1, 0.15) is 43.6 Å². The lowest BCUT2D eigenvalue weighted by Crippen LogP contribution is -2.44. The zero-order valence-electron chi connectivity index (χ0n) is 12.7. The first-order valence-electron chi connectivity index (χ1n) is 6.77. The summed E-state index contributed by atoms with van der Waals surface area (Å²) in [5.74, 6) is 0.333. The molecular formula is C15H24N4O. The zero-order chi connectivity index (χ0) is 15.2.